The van der Waals surface area contributed by atoms with Crippen molar-refractivity contribution in [2.45, 2.75) is 38.6 Å². The lowest BCUT2D eigenvalue weighted by atomic mass is 9.99. The minimum atomic E-state index is -2.80. The second-order valence-electron chi connectivity index (χ2n) is 5.78. The molecule has 1 aromatic carbocycles. The average molecular weight is 311 g/mol. The molecule has 2 rings (SSSR count). The van der Waals surface area contributed by atoms with Gasteiger partial charge in [0.2, 0.25) is 0 Å². The van der Waals surface area contributed by atoms with Crippen LogP contribution in [0.3, 0.4) is 0 Å². The van der Waals surface area contributed by atoms with Gasteiger partial charge in [0.1, 0.15) is 12.4 Å². The molecule has 0 bridgehead atoms. The molecule has 1 heterocycles. The predicted molar refractivity (Wildman–Crippen MR) is 85.7 cm³/mol. The van der Waals surface area contributed by atoms with Crippen LogP contribution in [0.2, 0.25) is 0 Å². The monoisotopic (exact) mass is 311 g/mol. The van der Waals surface area contributed by atoms with Crippen LogP contribution in [-0.4, -0.2) is 39.1 Å². The minimum absolute atomic E-state index is 0.0892. The van der Waals surface area contributed by atoms with E-state index in [1.165, 1.54) is 5.56 Å². The summed E-state index contributed by atoms with van der Waals surface area (Å²) in [7, 11) is -2.80. The molecule has 0 spiro atoms. The lowest BCUT2D eigenvalue weighted by Crippen LogP contribution is -2.33. The molecule has 1 saturated heterocycles. The topological polar surface area (TPSA) is 55.4 Å². The molecule has 0 aromatic heterocycles. The van der Waals surface area contributed by atoms with Gasteiger partial charge in [-0.2, -0.15) is 0 Å². The Kier molecular flexibility index (Phi) is 5.65. The molecule has 0 aliphatic carbocycles. The van der Waals surface area contributed by atoms with Gasteiger partial charge < -0.3 is 10.1 Å². The van der Waals surface area contributed by atoms with Gasteiger partial charge in [0.25, 0.3) is 0 Å². The maximum absolute atomic E-state index is 11.3. The molecule has 1 aliphatic heterocycles. The average Bonchev–Trinajstić information content (AvgIpc) is 2.83. The fourth-order valence-electron chi connectivity index (χ4n) is 2.52. The number of sulfone groups is 1. The van der Waals surface area contributed by atoms with E-state index in [9.17, 15) is 8.42 Å². The first-order valence-corrected chi connectivity index (χ1v) is 9.49. The van der Waals surface area contributed by atoms with Crippen LogP contribution in [0.5, 0.6) is 5.75 Å². The molecule has 21 heavy (non-hydrogen) atoms. The predicted octanol–water partition coefficient (Wildman–Crippen LogP) is 2.36. The molecule has 2 atom stereocenters. The first-order chi connectivity index (χ1) is 10.00. The highest BCUT2D eigenvalue weighted by molar-refractivity contribution is 7.91. The van der Waals surface area contributed by atoms with E-state index in [1.54, 1.807) is 0 Å². The Morgan fingerprint density at radius 2 is 2.05 bits per heavy atom. The zero-order valence-electron chi connectivity index (χ0n) is 12.8. The van der Waals surface area contributed by atoms with Crippen molar-refractivity contribution in [2.75, 3.05) is 24.7 Å². The summed E-state index contributed by atoms with van der Waals surface area (Å²) in [5.74, 6) is 2.01. The van der Waals surface area contributed by atoms with E-state index in [0.29, 0.717) is 31.2 Å². The number of rotatable bonds is 7. The van der Waals surface area contributed by atoms with Gasteiger partial charge in [-0.15, -0.1) is 0 Å². The Bertz CT molecular complexity index is 539. The van der Waals surface area contributed by atoms with E-state index in [-0.39, 0.29) is 11.8 Å². The van der Waals surface area contributed by atoms with Gasteiger partial charge in [-0.05, 0) is 36.5 Å². The highest BCUT2D eigenvalue weighted by atomic mass is 32.2. The Morgan fingerprint density at radius 1 is 1.33 bits per heavy atom. The van der Waals surface area contributed by atoms with Gasteiger partial charge in [-0.1, -0.05) is 26.0 Å². The number of benzene rings is 1. The second-order valence-corrected chi connectivity index (χ2v) is 8.01. The zero-order chi connectivity index (χ0) is 15.3. The standard InChI is InChI=1S/C16H25NO3S/c1-3-13(2)14-4-6-16(7-5-14)20-10-9-17-15-8-11-21(18,19)12-15/h4-7,13,15,17H,3,8-12H2,1-2H3. The smallest absolute Gasteiger partial charge is 0.151 e. The second kappa shape index (κ2) is 7.27. The number of hydrogen-bond donors (Lipinski definition) is 1. The van der Waals surface area contributed by atoms with Crippen molar-refractivity contribution < 1.29 is 13.2 Å². The van der Waals surface area contributed by atoms with Crippen molar-refractivity contribution in [1.29, 1.82) is 0 Å². The van der Waals surface area contributed by atoms with Crippen LogP contribution < -0.4 is 10.1 Å². The van der Waals surface area contributed by atoms with E-state index in [1.807, 2.05) is 12.1 Å². The van der Waals surface area contributed by atoms with Crippen LogP contribution >= 0.6 is 0 Å². The van der Waals surface area contributed by atoms with E-state index in [2.05, 4.69) is 31.3 Å². The van der Waals surface area contributed by atoms with Gasteiger partial charge in [-0.25, -0.2) is 8.42 Å². The fourth-order valence-corrected chi connectivity index (χ4v) is 4.22. The number of hydrogen-bond acceptors (Lipinski definition) is 4. The van der Waals surface area contributed by atoms with Gasteiger partial charge in [-0.3, -0.25) is 0 Å². The summed E-state index contributed by atoms with van der Waals surface area (Å²) in [6.07, 6.45) is 1.85. The van der Waals surface area contributed by atoms with Crippen molar-refractivity contribution in [3.63, 3.8) is 0 Å². The maximum Gasteiger partial charge on any atom is 0.151 e. The van der Waals surface area contributed by atoms with Crippen LogP contribution in [-0.2, 0) is 9.84 Å². The van der Waals surface area contributed by atoms with Gasteiger partial charge in [0.15, 0.2) is 9.84 Å². The summed E-state index contributed by atoms with van der Waals surface area (Å²) < 4.78 is 28.3. The van der Waals surface area contributed by atoms with Crippen molar-refractivity contribution in [3.05, 3.63) is 29.8 Å². The summed E-state index contributed by atoms with van der Waals surface area (Å²) in [5, 5.41) is 3.24. The quantitative estimate of drug-likeness (QED) is 0.785. The molecule has 2 unspecified atom stereocenters. The molecule has 0 saturated carbocycles. The van der Waals surface area contributed by atoms with E-state index in [0.717, 1.165) is 12.2 Å². The zero-order valence-corrected chi connectivity index (χ0v) is 13.7. The van der Waals surface area contributed by atoms with Crippen LogP contribution in [0.1, 0.15) is 38.2 Å². The summed E-state index contributed by atoms with van der Waals surface area (Å²) in [5.41, 5.74) is 1.33. The molecule has 1 aliphatic rings. The molecule has 4 nitrogen and oxygen atoms in total. The molecule has 0 radical (unpaired) electrons. The van der Waals surface area contributed by atoms with Crippen molar-refractivity contribution in [2.24, 2.45) is 0 Å². The van der Waals surface area contributed by atoms with Gasteiger partial charge in [0, 0.05) is 12.6 Å². The Hall–Kier alpha value is -1.07. The number of nitrogens with one attached hydrogen (secondary N) is 1. The van der Waals surface area contributed by atoms with Crippen LogP contribution in [0.4, 0.5) is 0 Å². The molecule has 118 valence electrons. The maximum atomic E-state index is 11.3. The highest BCUT2D eigenvalue weighted by Crippen LogP contribution is 2.21. The largest absolute Gasteiger partial charge is 0.492 e. The Morgan fingerprint density at radius 3 is 2.62 bits per heavy atom. The van der Waals surface area contributed by atoms with E-state index < -0.39 is 9.84 Å². The normalized spacial score (nSPS) is 22.1. The Labute approximate surface area is 127 Å². The summed E-state index contributed by atoms with van der Waals surface area (Å²) in [6.45, 7) is 5.63. The minimum Gasteiger partial charge on any atom is -0.492 e. The Balaban J connectivity index is 1.69. The summed E-state index contributed by atoms with van der Waals surface area (Å²) in [4.78, 5) is 0. The molecule has 5 heteroatoms. The molecule has 1 fully saturated rings. The third-order valence-corrected chi connectivity index (χ3v) is 5.87. The van der Waals surface area contributed by atoms with E-state index in [4.69, 9.17) is 4.74 Å². The van der Waals surface area contributed by atoms with Crippen molar-refractivity contribution in [1.82, 2.24) is 5.32 Å². The third kappa shape index (κ3) is 5.00. The van der Waals surface area contributed by atoms with Crippen LogP contribution in [0.15, 0.2) is 24.3 Å². The SMILES string of the molecule is CCC(C)c1ccc(OCCNC2CCS(=O)(=O)C2)cc1. The van der Waals surface area contributed by atoms with Crippen LogP contribution in [0, 0.1) is 0 Å². The van der Waals surface area contributed by atoms with Gasteiger partial charge >= 0.3 is 0 Å². The van der Waals surface area contributed by atoms with Crippen LogP contribution in [0.25, 0.3) is 0 Å². The molecular weight excluding hydrogens is 286 g/mol. The lowest BCUT2D eigenvalue weighted by Gasteiger charge is -2.13. The first kappa shape index (κ1) is 16.3. The third-order valence-electron chi connectivity index (χ3n) is 4.10. The van der Waals surface area contributed by atoms with Gasteiger partial charge in [0.05, 0.1) is 11.5 Å². The molecule has 0 amide bonds. The number of ether oxygens (including phenoxy) is 1. The summed E-state index contributed by atoms with van der Waals surface area (Å²) in [6, 6.07) is 8.32. The fraction of sp³-hybridized carbons (Fsp3) is 0.625. The highest BCUT2D eigenvalue weighted by Gasteiger charge is 2.26. The van der Waals surface area contributed by atoms with Crippen molar-refractivity contribution >= 4 is 9.84 Å². The first-order valence-electron chi connectivity index (χ1n) is 7.66. The molecular formula is C16H25NO3S. The van der Waals surface area contributed by atoms with Crippen molar-refractivity contribution in [3.8, 4) is 5.75 Å². The molecule has 1 aromatic rings. The lowest BCUT2D eigenvalue weighted by molar-refractivity contribution is 0.307. The summed E-state index contributed by atoms with van der Waals surface area (Å²) >= 11 is 0. The van der Waals surface area contributed by atoms with E-state index >= 15 is 0 Å². The molecule has 1 N–H and O–H groups in total.